The van der Waals surface area contributed by atoms with Crippen LogP contribution in [-0.4, -0.2) is 24.7 Å². The lowest BCUT2D eigenvalue weighted by atomic mass is 10.0. The molecule has 0 aromatic heterocycles. The van der Waals surface area contributed by atoms with Crippen LogP contribution in [0.15, 0.2) is 24.3 Å². The lowest BCUT2D eigenvalue weighted by molar-refractivity contribution is -0.120. The Balaban J connectivity index is 2.07. The molecule has 0 saturated carbocycles. The highest BCUT2D eigenvalue weighted by atomic mass is 19.1. The van der Waals surface area contributed by atoms with Crippen molar-refractivity contribution in [2.75, 3.05) is 6.61 Å². The van der Waals surface area contributed by atoms with Crippen molar-refractivity contribution in [1.82, 2.24) is 5.32 Å². The van der Waals surface area contributed by atoms with E-state index in [0.29, 0.717) is 5.56 Å². The smallest absolute Gasteiger partial charge is 0.239 e. The van der Waals surface area contributed by atoms with E-state index in [2.05, 4.69) is 5.32 Å². The van der Waals surface area contributed by atoms with Crippen LogP contribution in [0.1, 0.15) is 31.4 Å². The number of primary amides is 1. The van der Waals surface area contributed by atoms with Gasteiger partial charge in [-0.15, -0.1) is 0 Å². The summed E-state index contributed by atoms with van der Waals surface area (Å²) in [5, 5.41) is 3.17. The Kier molecular flexibility index (Phi) is 4.50. The van der Waals surface area contributed by atoms with E-state index in [1.807, 2.05) is 6.92 Å². The highest BCUT2D eigenvalue weighted by Gasteiger charge is 2.27. The molecule has 5 heteroatoms. The molecule has 3 N–H and O–H groups in total. The molecule has 19 heavy (non-hydrogen) atoms. The lowest BCUT2D eigenvalue weighted by Crippen LogP contribution is -2.44. The van der Waals surface area contributed by atoms with E-state index in [9.17, 15) is 9.18 Å². The van der Waals surface area contributed by atoms with Crippen molar-refractivity contribution >= 4 is 5.91 Å². The van der Waals surface area contributed by atoms with Gasteiger partial charge in [0, 0.05) is 12.6 Å². The Morgan fingerprint density at radius 3 is 2.68 bits per heavy atom. The van der Waals surface area contributed by atoms with E-state index in [1.165, 1.54) is 12.1 Å². The first-order chi connectivity index (χ1) is 9.08. The van der Waals surface area contributed by atoms with Crippen LogP contribution in [-0.2, 0) is 9.53 Å². The third-order valence-corrected chi connectivity index (χ3v) is 3.44. The predicted molar refractivity (Wildman–Crippen MR) is 69.9 cm³/mol. The standard InChI is InChI=1S/C14H19FN2O2/c1-9(12-3-2-8-19-12)17-13(14(16)18)10-4-6-11(15)7-5-10/h4-7,9,12-13,17H,2-3,8H2,1H3,(H2,16,18)/t9-,12-,13-/m0/s1. The average Bonchev–Trinajstić information content (AvgIpc) is 2.90. The van der Waals surface area contributed by atoms with E-state index in [4.69, 9.17) is 10.5 Å². The second kappa shape index (κ2) is 6.12. The topological polar surface area (TPSA) is 64.3 Å². The van der Waals surface area contributed by atoms with Crippen molar-refractivity contribution in [3.8, 4) is 0 Å². The Bertz CT molecular complexity index is 430. The number of halogens is 1. The summed E-state index contributed by atoms with van der Waals surface area (Å²) in [5.74, 6) is -0.810. The molecule has 0 spiro atoms. The predicted octanol–water partition coefficient (Wildman–Crippen LogP) is 1.51. The van der Waals surface area contributed by atoms with E-state index >= 15 is 0 Å². The van der Waals surface area contributed by atoms with Gasteiger partial charge in [0.1, 0.15) is 11.9 Å². The number of carbonyl (C=O) groups excluding carboxylic acids is 1. The van der Waals surface area contributed by atoms with Gasteiger partial charge in [0.05, 0.1) is 6.10 Å². The van der Waals surface area contributed by atoms with Gasteiger partial charge in [0.15, 0.2) is 0 Å². The fraction of sp³-hybridized carbons (Fsp3) is 0.500. The number of hydrogen-bond acceptors (Lipinski definition) is 3. The number of rotatable bonds is 5. The number of carbonyl (C=O) groups is 1. The molecule has 3 atom stereocenters. The molecule has 104 valence electrons. The molecule has 0 radical (unpaired) electrons. The van der Waals surface area contributed by atoms with Crippen molar-refractivity contribution in [2.24, 2.45) is 5.73 Å². The van der Waals surface area contributed by atoms with Crippen LogP contribution in [0.2, 0.25) is 0 Å². The molecule has 1 saturated heterocycles. The first kappa shape index (κ1) is 14.0. The molecule has 1 aliphatic rings. The van der Waals surface area contributed by atoms with Crippen LogP contribution in [0.3, 0.4) is 0 Å². The number of hydrogen-bond donors (Lipinski definition) is 2. The number of amides is 1. The molecule has 0 aliphatic carbocycles. The fourth-order valence-electron chi connectivity index (χ4n) is 2.36. The summed E-state index contributed by atoms with van der Waals surface area (Å²) in [6, 6.07) is 5.18. The second-order valence-electron chi connectivity index (χ2n) is 4.89. The zero-order valence-corrected chi connectivity index (χ0v) is 10.9. The minimum atomic E-state index is -0.625. The number of ether oxygens (including phenoxy) is 1. The van der Waals surface area contributed by atoms with Crippen LogP contribution in [0.25, 0.3) is 0 Å². The van der Waals surface area contributed by atoms with Gasteiger partial charge in [0.2, 0.25) is 5.91 Å². The van der Waals surface area contributed by atoms with Crippen molar-refractivity contribution in [3.05, 3.63) is 35.6 Å². The maximum Gasteiger partial charge on any atom is 0.239 e. The first-order valence-corrected chi connectivity index (χ1v) is 6.50. The lowest BCUT2D eigenvalue weighted by Gasteiger charge is -2.25. The molecule has 0 bridgehead atoms. The fourth-order valence-corrected chi connectivity index (χ4v) is 2.36. The maximum atomic E-state index is 12.9. The Morgan fingerprint density at radius 2 is 2.16 bits per heavy atom. The summed E-state index contributed by atoms with van der Waals surface area (Å²) in [6.07, 6.45) is 2.11. The summed E-state index contributed by atoms with van der Waals surface area (Å²) in [5.41, 5.74) is 6.08. The minimum Gasteiger partial charge on any atom is -0.377 e. The van der Waals surface area contributed by atoms with E-state index in [1.54, 1.807) is 12.1 Å². The molecule has 1 aromatic rings. The van der Waals surface area contributed by atoms with Gasteiger partial charge in [-0.2, -0.15) is 0 Å². The normalized spacial score (nSPS) is 22.1. The molecule has 2 rings (SSSR count). The zero-order valence-electron chi connectivity index (χ0n) is 10.9. The third kappa shape index (κ3) is 3.52. The summed E-state index contributed by atoms with van der Waals surface area (Å²) in [4.78, 5) is 11.6. The van der Waals surface area contributed by atoms with Gasteiger partial charge in [-0.05, 0) is 37.5 Å². The highest BCUT2D eigenvalue weighted by molar-refractivity contribution is 5.81. The molecule has 1 fully saturated rings. The van der Waals surface area contributed by atoms with E-state index in [0.717, 1.165) is 19.4 Å². The Morgan fingerprint density at radius 1 is 1.47 bits per heavy atom. The van der Waals surface area contributed by atoms with E-state index in [-0.39, 0.29) is 18.0 Å². The molecule has 1 aromatic carbocycles. The third-order valence-electron chi connectivity index (χ3n) is 3.44. The van der Waals surface area contributed by atoms with Crippen molar-refractivity contribution < 1.29 is 13.9 Å². The summed E-state index contributed by atoms with van der Waals surface area (Å²) in [6.45, 7) is 2.73. The maximum absolute atomic E-state index is 12.9. The molecule has 1 amide bonds. The van der Waals surface area contributed by atoms with Gasteiger partial charge in [0.25, 0.3) is 0 Å². The van der Waals surface area contributed by atoms with Crippen molar-refractivity contribution in [3.63, 3.8) is 0 Å². The van der Waals surface area contributed by atoms with Gasteiger partial charge >= 0.3 is 0 Å². The molecule has 1 heterocycles. The SMILES string of the molecule is C[C@H](N[C@H](C(N)=O)c1ccc(F)cc1)[C@@H]1CCCO1. The molecule has 1 aliphatic heterocycles. The highest BCUT2D eigenvalue weighted by Crippen LogP contribution is 2.19. The molecule has 4 nitrogen and oxygen atoms in total. The summed E-state index contributed by atoms with van der Waals surface area (Å²) < 4.78 is 18.5. The summed E-state index contributed by atoms with van der Waals surface area (Å²) in [7, 11) is 0. The number of nitrogens with one attached hydrogen (secondary N) is 1. The van der Waals surface area contributed by atoms with Crippen LogP contribution >= 0.6 is 0 Å². The van der Waals surface area contributed by atoms with Gasteiger partial charge < -0.3 is 10.5 Å². The summed E-state index contributed by atoms with van der Waals surface area (Å²) >= 11 is 0. The second-order valence-corrected chi connectivity index (χ2v) is 4.89. The Labute approximate surface area is 112 Å². The quantitative estimate of drug-likeness (QED) is 0.849. The van der Waals surface area contributed by atoms with Gasteiger partial charge in [-0.3, -0.25) is 10.1 Å². The Hall–Kier alpha value is -1.46. The van der Waals surface area contributed by atoms with E-state index < -0.39 is 11.9 Å². The van der Waals surface area contributed by atoms with Crippen LogP contribution in [0.5, 0.6) is 0 Å². The largest absolute Gasteiger partial charge is 0.377 e. The van der Waals surface area contributed by atoms with Crippen LogP contribution in [0.4, 0.5) is 4.39 Å². The van der Waals surface area contributed by atoms with Gasteiger partial charge in [-0.1, -0.05) is 12.1 Å². The molecular weight excluding hydrogens is 247 g/mol. The van der Waals surface area contributed by atoms with Crippen molar-refractivity contribution in [2.45, 2.75) is 38.0 Å². The number of nitrogens with two attached hydrogens (primary N) is 1. The monoisotopic (exact) mass is 266 g/mol. The molecular formula is C14H19FN2O2. The van der Waals surface area contributed by atoms with Crippen molar-refractivity contribution in [1.29, 1.82) is 0 Å². The van der Waals surface area contributed by atoms with Gasteiger partial charge in [-0.25, -0.2) is 4.39 Å². The van der Waals surface area contributed by atoms with Crippen LogP contribution < -0.4 is 11.1 Å². The molecule has 0 unspecified atom stereocenters. The van der Waals surface area contributed by atoms with Crippen LogP contribution in [0, 0.1) is 5.82 Å². The first-order valence-electron chi connectivity index (χ1n) is 6.50. The average molecular weight is 266 g/mol. The minimum absolute atomic E-state index is 0.0186. The number of benzene rings is 1. The zero-order chi connectivity index (χ0) is 13.8.